The highest BCUT2D eigenvalue weighted by Gasteiger charge is 2.44. The fourth-order valence-corrected chi connectivity index (χ4v) is 2.00. The van der Waals surface area contributed by atoms with Crippen molar-refractivity contribution in [2.24, 2.45) is 0 Å². The molecule has 1 aliphatic heterocycles. The number of nitrogens with zero attached hydrogens (tertiary/aromatic N) is 1. The van der Waals surface area contributed by atoms with Crippen LogP contribution in [0.2, 0.25) is 0 Å². The molecule has 1 aromatic carbocycles. The summed E-state index contributed by atoms with van der Waals surface area (Å²) in [6, 6.07) is 4.95. The van der Waals surface area contributed by atoms with E-state index in [4.69, 9.17) is 4.74 Å². The number of β-amino-alcohol motifs (C(OH)–C–C–N with tert-alkyl or cyclic N) is 1. The molecule has 1 aliphatic rings. The highest BCUT2D eigenvalue weighted by Crippen LogP contribution is 2.17. The van der Waals surface area contributed by atoms with Crippen LogP contribution in [0.15, 0.2) is 24.3 Å². The van der Waals surface area contributed by atoms with Crippen LogP contribution in [-0.4, -0.2) is 46.7 Å². The Labute approximate surface area is 121 Å². The molecule has 1 aromatic rings. The molecule has 1 heterocycles. The lowest BCUT2D eigenvalue weighted by atomic mass is 10.1. The largest absolute Gasteiger partial charge is 0.491 e. The molecule has 0 unspecified atom stereocenters. The second-order valence-electron chi connectivity index (χ2n) is 5.39. The fourth-order valence-electron chi connectivity index (χ4n) is 2.00. The smallest absolute Gasteiger partial charge is 0.325 e. The molecule has 114 valence electrons. The molecule has 6 nitrogen and oxygen atoms in total. The van der Waals surface area contributed by atoms with Crippen molar-refractivity contribution in [3.8, 4) is 5.75 Å². The minimum absolute atomic E-state index is 0.152. The summed E-state index contributed by atoms with van der Waals surface area (Å²) < 4.78 is 18.2. The second-order valence-corrected chi connectivity index (χ2v) is 5.39. The molecule has 0 radical (unpaired) electrons. The van der Waals surface area contributed by atoms with Crippen LogP contribution in [0.1, 0.15) is 13.8 Å². The van der Waals surface area contributed by atoms with E-state index in [2.05, 4.69) is 5.32 Å². The zero-order valence-electron chi connectivity index (χ0n) is 11.8. The minimum atomic E-state index is -1.06. The summed E-state index contributed by atoms with van der Waals surface area (Å²) >= 11 is 0. The first-order valence-corrected chi connectivity index (χ1v) is 6.50. The van der Waals surface area contributed by atoms with E-state index in [1.165, 1.54) is 18.2 Å². The number of urea groups is 1. The SMILES string of the molecule is CC1(C)NC(=O)N(C[C@@H](O)COc2cccc(F)c2)C1=O. The first kappa shape index (κ1) is 15.2. The highest BCUT2D eigenvalue weighted by atomic mass is 19.1. The Morgan fingerprint density at radius 1 is 1.43 bits per heavy atom. The van der Waals surface area contributed by atoms with Crippen molar-refractivity contribution >= 4 is 11.9 Å². The number of benzene rings is 1. The van der Waals surface area contributed by atoms with E-state index in [0.717, 1.165) is 4.90 Å². The quantitative estimate of drug-likeness (QED) is 0.791. The van der Waals surface area contributed by atoms with Gasteiger partial charge in [-0.2, -0.15) is 0 Å². The molecule has 0 bridgehead atoms. The van der Waals surface area contributed by atoms with Crippen molar-refractivity contribution in [1.82, 2.24) is 10.2 Å². The van der Waals surface area contributed by atoms with Crippen LogP contribution < -0.4 is 10.1 Å². The molecule has 7 heteroatoms. The molecule has 3 amide bonds. The van der Waals surface area contributed by atoms with Crippen LogP contribution in [0.5, 0.6) is 5.75 Å². The van der Waals surface area contributed by atoms with Crippen LogP contribution in [0.4, 0.5) is 9.18 Å². The Bertz CT molecular complexity index is 562. The third-order valence-corrected chi connectivity index (χ3v) is 3.08. The summed E-state index contributed by atoms with van der Waals surface area (Å²) in [6.07, 6.45) is -1.06. The summed E-state index contributed by atoms with van der Waals surface area (Å²) in [5.74, 6) is -0.582. The van der Waals surface area contributed by atoms with Gasteiger partial charge in [-0.05, 0) is 26.0 Å². The highest BCUT2D eigenvalue weighted by molar-refractivity contribution is 6.06. The number of carbonyl (C=O) groups excluding carboxylic acids is 2. The van der Waals surface area contributed by atoms with Crippen molar-refractivity contribution in [2.45, 2.75) is 25.5 Å². The topological polar surface area (TPSA) is 78.9 Å². The molecule has 0 saturated carbocycles. The molecular formula is C14H17FN2O4. The van der Waals surface area contributed by atoms with Gasteiger partial charge in [0.1, 0.15) is 29.8 Å². The van der Waals surface area contributed by atoms with E-state index >= 15 is 0 Å². The standard InChI is InChI=1S/C14H17FN2O4/c1-14(2)12(19)17(13(20)16-14)7-10(18)8-21-11-5-3-4-9(15)6-11/h3-6,10,18H,7-8H2,1-2H3,(H,16,20)/t10-/m1/s1. The lowest BCUT2D eigenvalue weighted by molar-refractivity contribution is -0.131. The zero-order valence-corrected chi connectivity index (χ0v) is 11.8. The maximum absolute atomic E-state index is 13.0. The van der Waals surface area contributed by atoms with Crippen LogP contribution >= 0.6 is 0 Å². The third-order valence-electron chi connectivity index (χ3n) is 3.08. The van der Waals surface area contributed by atoms with Crippen LogP contribution in [0.25, 0.3) is 0 Å². The molecule has 2 N–H and O–H groups in total. The normalized spacial score (nSPS) is 18.6. The number of imide groups is 1. The second kappa shape index (κ2) is 5.69. The van der Waals surface area contributed by atoms with Crippen molar-refractivity contribution < 1.29 is 23.8 Å². The van der Waals surface area contributed by atoms with Gasteiger partial charge in [0, 0.05) is 6.07 Å². The van der Waals surface area contributed by atoms with Crippen molar-refractivity contribution in [2.75, 3.05) is 13.2 Å². The van der Waals surface area contributed by atoms with E-state index in [9.17, 15) is 19.1 Å². The van der Waals surface area contributed by atoms with Crippen molar-refractivity contribution in [3.63, 3.8) is 0 Å². The summed E-state index contributed by atoms with van der Waals surface area (Å²) in [6.45, 7) is 2.84. The lowest BCUT2D eigenvalue weighted by Crippen LogP contribution is -2.42. The first-order valence-electron chi connectivity index (χ1n) is 6.50. The monoisotopic (exact) mass is 296 g/mol. The Kier molecular flexibility index (Phi) is 4.13. The van der Waals surface area contributed by atoms with Gasteiger partial charge in [-0.15, -0.1) is 0 Å². The van der Waals surface area contributed by atoms with Crippen LogP contribution in [-0.2, 0) is 4.79 Å². The minimum Gasteiger partial charge on any atom is -0.491 e. The number of aliphatic hydroxyl groups is 1. The maximum Gasteiger partial charge on any atom is 0.325 e. The number of carbonyl (C=O) groups is 2. The van der Waals surface area contributed by atoms with E-state index < -0.39 is 29.4 Å². The number of hydrogen-bond acceptors (Lipinski definition) is 4. The van der Waals surface area contributed by atoms with Crippen molar-refractivity contribution in [3.05, 3.63) is 30.1 Å². The average molecular weight is 296 g/mol. The van der Waals surface area contributed by atoms with E-state index in [1.54, 1.807) is 19.9 Å². The molecule has 1 saturated heterocycles. The van der Waals surface area contributed by atoms with Gasteiger partial charge in [0.15, 0.2) is 0 Å². The fraction of sp³-hybridized carbons (Fsp3) is 0.429. The van der Waals surface area contributed by atoms with Crippen LogP contribution in [0, 0.1) is 5.82 Å². The summed E-state index contributed by atoms with van der Waals surface area (Å²) in [7, 11) is 0. The number of halogens is 1. The Morgan fingerprint density at radius 3 is 2.71 bits per heavy atom. The zero-order chi connectivity index (χ0) is 15.6. The van der Waals surface area contributed by atoms with E-state index in [1.807, 2.05) is 0 Å². The average Bonchev–Trinajstić information content (AvgIpc) is 2.59. The number of hydrogen-bond donors (Lipinski definition) is 2. The molecular weight excluding hydrogens is 279 g/mol. The summed E-state index contributed by atoms with van der Waals surface area (Å²) in [5, 5.41) is 12.4. The van der Waals surface area contributed by atoms with Gasteiger partial charge in [0.2, 0.25) is 0 Å². The first-order chi connectivity index (χ1) is 9.79. The van der Waals surface area contributed by atoms with Crippen LogP contribution in [0.3, 0.4) is 0 Å². The van der Waals surface area contributed by atoms with E-state index in [0.29, 0.717) is 0 Å². The molecule has 0 spiro atoms. The van der Waals surface area contributed by atoms with Gasteiger partial charge in [-0.1, -0.05) is 6.07 Å². The number of ether oxygens (including phenoxy) is 1. The Hall–Kier alpha value is -2.15. The predicted molar refractivity (Wildman–Crippen MR) is 72.2 cm³/mol. The maximum atomic E-state index is 13.0. The van der Waals surface area contributed by atoms with Gasteiger partial charge < -0.3 is 15.2 Å². The van der Waals surface area contributed by atoms with Gasteiger partial charge in [-0.3, -0.25) is 9.69 Å². The van der Waals surface area contributed by atoms with Gasteiger partial charge in [-0.25, -0.2) is 9.18 Å². The van der Waals surface area contributed by atoms with E-state index in [-0.39, 0.29) is 18.9 Å². The third kappa shape index (κ3) is 3.49. The summed E-state index contributed by atoms with van der Waals surface area (Å²) in [4.78, 5) is 24.5. The van der Waals surface area contributed by atoms with Gasteiger partial charge in [0.05, 0.1) is 6.54 Å². The number of aliphatic hydroxyl groups excluding tert-OH is 1. The molecule has 21 heavy (non-hydrogen) atoms. The predicted octanol–water partition coefficient (Wildman–Crippen LogP) is 0.896. The Balaban J connectivity index is 1.89. The molecule has 2 rings (SSSR count). The van der Waals surface area contributed by atoms with Gasteiger partial charge in [0.25, 0.3) is 5.91 Å². The van der Waals surface area contributed by atoms with Gasteiger partial charge >= 0.3 is 6.03 Å². The molecule has 0 aromatic heterocycles. The number of rotatable bonds is 5. The molecule has 1 fully saturated rings. The lowest BCUT2D eigenvalue weighted by Gasteiger charge is -2.19. The molecule has 1 atom stereocenters. The number of amides is 3. The molecule has 0 aliphatic carbocycles. The number of nitrogens with one attached hydrogen (secondary N) is 1. The Morgan fingerprint density at radius 2 is 2.14 bits per heavy atom. The summed E-state index contributed by atoms with van der Waals surface area (Å²) in [5.41, 5.74) is -0.972. The van der Waals surface area contributed by atoms with Crippen molar-refractivity contribution in [1.29, 1.82) is 0 Å².